The second kappa shape index (κ2) is 9.32. The maximum Gasteiger partial charge on any atom is 0.227 e. The Morgan fingerprint density at radius 1 is 1.10 bits per heavy atom. The normalized spacial score (nSPS) is 17.7. The Balaban J connectivity index is 1.38. The van der Waals surface area contributed by atoms with Crippen molar-refractivity contribution in [1.29, 1.82) is 0 Å². The van der Waals surface area contributed by atoms with Crippen LogP contribution in [0.4, 0.5) is 17.2 Å². The highest BCUT2D eigenvalue weighted by Crippen LogP contribution is 2.32. The molecule has 2 aliphatic rings. The molecule has 0 bridgehead atoms. The summed E-state index contributed by atoms with van der Waals surface area (Å²) >= 11 is 0. The Morgan fingerprint density at radius 3 is 2.57 bits per heavy atom. The van der Waals surface area contributed by atoms with Crippen LogP contribution in [-0.2, 0) is 4.79 Å². The number of anilines is 3. The number of carbonyl (C=O) groups is 1. The van der Waals surface area contributed by atoms with Gasteiger partial charge in [0.05, 0.1) is 19.0 Å². The second-order valence-electron chi connectivity index (χ2n) is 8.21. The Labute approximate surface area is 178 Å². The second-order valence-corrected chi connectivity index (χ2v) is 8.21. The van der Waals surface area contributed by atoms with Crippen LogP contribution in [0.5, 0.6) is 5.75 Å². The average molecular weight is 410 g/mol. The number of hydrogen-bond donors (Lipinski definition) is 1. The van der Waals surface area contributed by atoms with Crippen molar-refractivity contribution in [2.45, 2.75) is 39.0 Å². The number of aromatic nitrogens is 2. The van der Waals surface area contributed by atoms with E-state index in [0.29, 0.717) is 0 Å². The van der Waals surface area contributed by atoms with Gasteiger partial charge in [-0.15, -0.1) is 0 Å². The van der Waals surface area contributed by atoms with Gasteiger partial charge in [0.1, 0.15) is 12.1 Å². The number of ether oxygens (including phenoxy) is 1. The molecular formula is C23H31N5O2. The summed E-state index contributed by atoms with van der Waals surface area (Å²) in [5.41, 5.74) is 2.96. The monoisotopic (exact) mass is 409 g/mol. The molecule has 30 heavy (non-hydrogen) atoms. The number of aryl methyl sites for hydroxylation is 1. The van der Waals surface area contributed by atoms with E-state index in [4.69, 9.17) is 4.74 Å². The highest BCUT2D eigenvalue weighted by Gasteiger charge is 2.28. The number of hydrogen-bond acceptors (Lipinski definition) is 6. The molecule has 7 nitrogen and oxygen atoms in total. The largest absolute Gasteiger partial charge is 0.497 e. The number of piperidine rings is 2. The molecule has 2 aliphatic heterocycles. The Bertz CT molecular complexity index is 874. The first-order valence-corrected chi connectivity index (χ1v) is 10.9. The minimum atomic E-state index is 0.0193. The van der Waals surface area contributed by atoms with Crippen molar-refractivity contribution >= 4 is 23.1 Å². The third-order valence-electron chi connectivity index (χ3n) is 6.23. The Morgan fingerprint density at radius 2 is 1.87 bits per heavy atom. The van der Waals surface area contributed by atoms with E-state index in [1.165, 1.54) is 19.3 Å². The first-order chi connectivity index (χ1) is 14.7. The van der Waals surface area contributed by atoms with Crippen molar-refractivity contribution in [3.8, 4) is 5.75 Å². The van der Waals surface area contributed by atoms with E-state index >= 15 is 0 Å². The number of methoxy groups -OCH3 is 1. The van der Waals surface area contributed by atoms with Gasteiger partial charge in [-0.2, -0.15) is 0 Å². The van der Waals surface area contributed by atoms with Crippen LogP contribution in [-0.4, -0.2) is 49.2 Å². The van der Waals surface area contributed by atoms with Crippen LogP contribution < -0.4 is 19.9 Å². The lowest BCUT2D eigenvalue weighted by Crippen LogP contribution is -2.40. The Kier molecular flexibility index (Phi) is 6.35. The molecule has 0 spiro atoms. The van der Waals surface area contributed by atoms with Gasteiger partial charge in [0, 0.05) is 37.8 Å². The van der Waals surface area contributed by atoms with Gasteiger partial charge in [-0.05, 0) is 62.8 Å². The van der Waals surface area contributed by atoms with Crippen molar-refractivity contribution in [3.63, 3.8) is 0 Å². The van der Waals surface area contributed by atoms with E-state index < -0.39 is 0 Å². The van der Waals surface area contributed by atoms with E-state index in [9.17, 15) is 4.79 Å². The van der Waals surface area contributed by atoms with Crippen LogP contribution in [0, 0.1) is 12.8 Å². The van der Waals surface area contributed by atoms with Gasteiger partial charge in [0.15, 0.2) is 5.82 Å². The molecule has 1 aromatic heterocycles. The van der Waals surface area contributed by atoms with Crippen LogP contribution in [0.1, 0.15) is 37.7 Å². The molecule has 0 aliphatic carbocycles. The van der Waals surface area contributed by atoms with E-state index in [1.807, 2.05) is 31.3 Å². The molecule has 1 N–H and O–H groups in total. The summed E-state index contributed by atoms with van der Waals surface area (Å²) in [6, 6.07) is 5.73. The SMILES string of the molecule is COc1ccc(NC(=O)C2CCN(c3cncnc3N3CCCCC3)CC2)c(C)c1. The smallest absolute Gasteiger partial charge is 0.227 e. The minimum Gasteiger partial charge on any atom is -0.497 e. The van der Waals surface area contributed by atoms with Crippen molar-refractivity contribution in [2.75, 3.05) is 48.4 Å². The lowest BCUT2D eigenvalue weighted by Gasteiger charge is -2.36. The zero-order valence-electron chi connectivity index (χ0n) is 17.9. The lowest BCUT2D eigenvalue weighted by atomic mass is 9.95. The summed E-state index contributed by atoms with van der Waals surface area (Å²) in [6.45, 7) is 5.79. The number of rotatable bonds is 5. The predicted molar refractivity (Wildman–Crippen MR) is 119 cm³/mol. The summed E-state index contributed by atoms with van der Waals surface area (Å²) in [5, 5.41) is 3.10. The third-order valence-corrected chi connectivity index (χ3v) is 6.23. The van der Waals surface area contributed by atoms with Crippen LogP contribution in [0.15, 0.2) is 30.7 Å². The predicted octanol–water partition coefficient (Wildman–Crippen LogP) is 3.64. The molecule has 1 amide bonds. The maximum absolute atomic E-state index is 12.8. The molecule has 160 valence electrons. The van der Waals surface area contributed by atoms with Crippen LogP contribution in [0.25, 0.3) is 0 Å². The molecule has 2 aromatic rings. The molecule has 2 fully saturated rings. The molecule has 1 aromatic carbocycles. The number of carbonyl (C=O) groups excluding carboxylic acids is 1. The van der Waals surface area contributed by atoms with E-state index in [0.717, 1.165) is 67.5 Å². The fourth-order valence-electron chi connectivity index (χ4n) is 4.41. The molecule has 0 radical (unpaired) electrons. The Hall–Kier alpha value is -2.83. The zero-order chi connectivity index (χ0) is 20.9. The highest BCUT2D eigenvalue weighted by molar-refractivity contribution is 5.93. The van der Waals surface area contributed by atoms with Gasteiger partial charge in [0.2, 0.25) is 5.91 Å². The van der Waals surface area contributed by atoms with Gasteiger partial charge in [-0.3, -0.25) is 4.79 Å². The van der Waals surface area contributed by atoms with Crippen LogP contribution in [0.3, 0.4) is 0 Å². The van der Waals surface area contributed by atoms with Gasteiger partial charge >= 0.3 is 0 Å². The standard InChI is InChI=1S/C23H31N5O2/c1-17-14-19(30-2)6-7-20(17)26-23(29)18-8-12-27(13-9-18)21-15-24-16-25-22(21)28-10-4-3-5-11-28/h6-7,14-16,18H,3-5,8-13H2,1-2H3,(H,26,29). The number of nitrogens with zero attached hydrogens (tertiary/aromatic N) is 4. The van der Waals surface area contributed by atoms with Crippen molar-refractivity contribution in [2.24, 2.45) is 5.92 Å². The number of benzene rings is 1. The topological polar surface area (TPSA) is 70.6 Å². The van der Waals surface area contributed by atoms with Crippen molar-refractivity contribution in [1.82, 2.24) is 9.97 Å². The molecule has 3 heterocycles. The van der Waals surface area contributed by atoms with Crippen LogP contribution >= 0.6 is 0 Å². The quantitative estimate of drug-likeness (QED) is 0.813. The van der Waals surface area contributed by atoms with Crippen molar-refractivity contribution in [3.05, 3.63) is 36.3 Å². The van der Waals surface area contributed by atoms with Gasteiger partial charge in [-0.25, -0.2) is 9.97 Å². The van der Waals surface area contributed by atoms with Gasteiger partial charge in [0.25, 0.3) is 0 Å². The summed E-state index contributed by atoms with van der Waals surface area (Å²) < 4.78 is 5.25. The molecule has 0 saturated carbocycles. The summed E-state index contributed by atoms with van der Waals surface area (Å²) in [6.07, 6.45) is 8.96. The summed E-state index contributed by atoms with van der Waals surface area (Å²) in [4.78, 5) is 26.4. The highest BCUT2D eigenvalue weighted by atomic mass is 16.5. The molecule has 0 atom stereocenters. The molecule has 2 saturated heterocycles. The fraction of sp³-hybridized carbons (Fsp3) is 0.522. The van der Waals surface area contributed by atoms with Crippen LogP contribution in [0.2, 0.25) is 0 Å². The molecule has 0 unspecified atom stereocenters. The summed E-state index contributed by atoms with van der Waals surface area (Å²) in [7, 11) is 1.65. The number of nitrogens with one attached hydrogen (secondary N) is 1. The average Bonchev–Trinajstić information content (AvgIpc) is 2.81. The third kappa shape index (κ3) is 4.50. The minimum absolute atomic E-state index is 0.0193. The molecular weight excluding hydrogens is 378 g/mol. The van der Waals surface area contributed by atoms with E-state index in [-0.39, 0.29) is 11.8 Å². The lowest BCUT2D eigenvalue weighted by molar-refractivity contribution is -0.120. The van der Waals surface area contributed by atoms with Gasteiger partial charge in [-0.1, -0.05) is 0 Å². The molecule has 4 rings (SSSR count). The summed E-state index contributed by atoms with van der Waals surface area (Å²) in [5.74, 6) is 1.96. The maximum atomic E-state index is 12.8. The number of amides is 1. The van der Waals surface area contributed by atoms with E-state index in [2.05, 4.69) is 25.1 Å². The van der Waals surface area contributed by atoms with Crippen molar-refractivity contribution < 1.29 is 9.53 Å². The first kappa shape index (κ1) is 20.4. The molecule has 7 heteroatoms. The van der Waals surface area contributed by atoms with E-state index in [1.54, 1.807) is 13.4 Å². The fourth-order valence-corrected chi connectivity index (χ4v) is 4.41. The zero-order valence-corrected chi connectivity index (χ0v) is 17.9. The van der Waals surface area contributed by atoms with Gasteiger partial charge < -0.3 is 19.9 Å². The first-order valence-electron chi connectivity index (χ1n) is 10.9.